The molecule has 1 rings (SSSR count). The quantitative estimate of drug-likeness (QED) is 0.771. The first-order valence-corrected chi connectivity index (χ1v) is 8.62. The first kappa shape index (κ1) is 15.6. The molecule has 7 heteroatoms. The number of nitrogens with zero attached hydrogens (tertiary/aromatic N) is 2. The third-order valence-corrected chi connectivity index (χ3v) is 4.87. The molecule has 0 aromatic carbocycles. The summed E-state index contributed by atoms with van der Waals surface area (Å²) in [6, 6.07) is 0. The highest BCUT2D eigenvalue weighted by Gasteiger charge is 2.17. The van der Waals surface area contributed by atoms with E-state index in [-0.39, 0.29) is 6.10 Å². The smallest absolute Gasteiger partial charge is 0.211 e. The van der Waals surface area contributed by atoms with Gasteiger partial charge in [-0.1, -0.05) is 6.92 Å². The Morgan fingerprint density at radius 1 is 1.50 bits per heavy atom. The fourth-order valence-electron chi connectivity index (χ4n) is 1.55. The van der Waals surface area contributed by atoms with Crippen molar-refractivity contribution < 1.29 is 13.2 Å². The zero-order chi connectivity index (χ0) is 13.8. The molecular formula is C11H20N2O3S2. The Bertz CT molecular complexity index is 470. The SMILES string of the molecule is CCO[C@@H](C)c1nc(CN(CC)S(C)(=O)=O)cs1. The van der Waals surface area contributed by atoms with Crippen LogP contribution in [0.1, 0.15) is 37.6 Å². The van der Waals surface area contributed by atoms with Gasteiger partial charge in [0.1, 0.15) is 11.1 Å². The predicted molar refractivity (Wildman–Crippen MR) is 73.1 cm³/mol. The lowest BCUT2D eigenvalue weighted by Gasteiger charge is -2.16. The Morgan fingerprint density at radius 3 is 2.67 bits per heavy atom. The van der Waals surface area contributed by atoms with E-state index in [9.17, 15) is 8.42 Å². The highest BCUT2D eigenvalue weighted by molar-refractivity contribution is 7.88. The van der Waals surface area contributed by atoms with Crippen LogP contribution in [0.2, 0.25) is 0 Å². The summed E-state index contributed by atoms with van der Waals surface area (Å²) >= 11 is 1.50. The van der Waals surface area contributed by atoms with Crippen molar-refractivity contribution in [3.63, 3.8) is 0 Å². The van der Waals surface area contributed by atoms with E-state index in [1.54, 1.807) is 0 Å². The second kappa shape index (κ2) is 6.60. The van der Waals surface area contributed by atoms with Crippen LogP contribution in [-0.2, 0) is 21.3 Å². The fourth-order valence-corrected chi connectivity index (χ4v) is 3.20. The molecule has 1 atom stereocenters. The maximum Gasteiger partial charge on any atom is 0.211 e. The lowest BCUT2D eigenvalue weighted by atomic mass is 10.4. The zero-order valence-electron chi connectivity index (χ0n) is 11.2. The van der Waals surface area contributed by atoms with Gasteiger partial charge in [0.15, 0.2) is 0 Å². The predicted octanol–water partition coefficient (Wildman–Crippen LogP) is 2.02. The normalized spacial score (nSPS) is 14.1. The van der Waals surface area contributed by atoms with Crippen molar-refractivity contribution >= 4 is 21.4 Å². The molecular weight excluding hydrogens is 272 g/mol. The van der Waals surface area contributed by atoms with E-state index in [0.717, 1.165) is 10.7 Å². The van der Waals surface area contributed by atoms with Crippen LogP contribution in [0, 0.1) is 0 Å². The zero-order valence-corrected chi connectivity index (χ0v) is 12.8. The number of sulfonamides is 1. The topological polar surface area (TPSA) is 59.5 Å². The molecule has 0 N–H and O–H groups in total. The summed E-state index contributed by atoms with van der Waals surface area (Å²) < 4.78 is 29.8. The molecule has 0 fully saturated rings. The standard InChI is InChI=1S/C11H20N2O3S2/c1-5-13(18(4,14)15)7-10-8-17-11(12-10)9(3)16-6-2/h8-9H,5-7H2,1-4H3/t9-/m0/s1. The number of rotatable bonds is 7. The van der Waals surface area contributed by atoms with Crippen LogP contribution in [0.25, 0.3) is 0 Å². The van der Waals surface area contributed by atoms with Gasteiger partial charge in [-0.2, -0.15) is 4.31 Å². The van der Waals surface area contributed by atoms with E-state index in [2.05, 4.69) is 4.98 Å². The molecule has 0 aliphatic heterocycles. The minimum absolute atomic E-state index is 0.0398. The van der Waals surface area contributed by atoms with E-state index in [1.165, 1.54) is 21.9 Å². The van der Waals surface area contributed by atoms with Crippen LogP contribution in [0.3, 0.4) is 0 Å². The van der Waals surface area contributed by atoms with Crippen molar-refractivity contribution in [2.45, 2.75) is 33.4 Å². The van der Waals surface area contributed by atoms with Crippen LogP contribution in [0.15, 0.2) is 5.38 Å². The highest BCUT2D eigenvalue weighted by atomic mass is 32.2. The van der Waals surface area contributed by atoms with Gasteiger partial charge in [-0.05, 0) is 13.8 Å². The van der Waals surface area contributed by atoms with Crippen LogP contribution in [0.5, 0.6) is 0 Å². The molecule has 5 nitrogen and oxygen atoms in total. The summed E-state index contributed by atoms with van der Waals surface area (Å²) in [5.41, 5.74) is 0.772. The molecule has 1 aromatic heterocycles. The monoisotopic (exact) mass is 292 g/mol. The molecule has 104 valence electrons. The number of aromatic nitrogens is 1. The largest absolute Gasteiger partial charge is 0.372 e. The molecule has 0 radical (unpaired) electrons. The van der Waals surface area contributed by atoms with Crippen LogP contribution >= 0.6 is 11.3 Å². The summed E-state index contributed by atoms with van der Waals surface area (Å²) in [5.74, 6) is 0. The van der Waals surface area contributed by atoms with E-state index in [4.69, 9.17) is 4.74 Å². The number of thiazole rings is 1. The molecule has 1 aromatic rings. The summed E-state index contributed by atoms with van der Waals surface area (Å²) in [5, 5.41) is 2.77. The van der Waals surface area contributed by atoms with Gasteiger partial charge in [0.05, 0.1) is 18.5 Å². The first-order chi connectivity index (χ1) is 8.38. The lowest BCUT2D eigenvalue weighted by Crippen LogP contribution is -2.29. The Hall–Kier alpha value is -0.500. The Labute approximate surface area is 113 Å². The van der Waals surface area contributed by atoms with E-state index in [1.807, 2.05) is 26.2 Å². The molecule has 0 unspecified atom stereocenters. The molecule has 0 saturated heterocycles. The second-order valence-electron chi connectivity index (χ2n) is 3.96. The Morgan fingerprint density at radius 2 is 2.17 bits per heavy atom. The van der Waals surface area contributed by atoms with Gasteiger partial charge in [0.2, 0.25) is 10.0 Å². The fraction of sp³-hybridized carbons (Fsp3) is 0.727. The molecule has 18 heavy (non-hydrogen) atoms. The van der Waals surface area contributed by atoms with Gasteiger partial charge < -0.3 is 4.74 Å². The molecule has 0 saturated carbocycles. The van der Waals surface area contributed by atoms with E-state index < -0.39 is 10.0 Å². The number of hydrogen-bond acceptors (Lipinski definition) is 5. The Kier molecular flexibility index (Phi) is 5.71. The maximum absolute atomic E-state index is 11.5. The van der Waals surface area contributed by atoms with Crippen molar-refractivity contribution in [3.8, 4) is 0 Å². The summed E-state index contributed by atoms with van der Waals surface area (Å²) in [7, 11) is -3.17. The van der Waals surface area contributed by atoms with Gasteiger partial charge in [-0.3, -0.25) is 0 Å². The van der Waals surface area contributed by atoms with Crippen molar-refractivity contribution in [3.05, 3.63) is 16.1 Å². The van der Waals surface area contributed by atoms with Gasteiger partial charge in [-0.15, -0.1) is 11.3 Å². The maximum atomic E-state index is 11.5. The third kappa shape index (κ3) is 4.31. The third-order valence-electron chi connectivity index (χ3n) is 2.49. The minimum atomic E-state index is -3.17. The number of hydrogen-bond donors (Lipinski definition) is 0. The second-order valence-corrected chi connectivity index (χ2v) is 6.84. The molecule has 0 aliphatic rings. The summed E-state index contributed by atoms with van der Waals surface area (Å²) in [6.07, 6.45) is 1.18. The number of ether oxygens (including phenoxy) is 1. The van der Waals surface area contributed by atoms with Crippen molar-refractivity contribution in [1.29, 1.82) is 0 Å². The van der Waals surface area contributed by atoms with Crippen molar-refractivity contribution in [2.24, 2.45) is 0 Å². The first-order valence-electron chi connectivity index (χ1n) is 5.89. The highest BCUT2D eigenvalue weighted by Crippen LogP contribution is 2.22. The average Bonchev–Trinajstić information content (AvgIpc) is 2.73. The van der Waals surface area contributed by atoms with Crippen molar-refractivity contribution in [2.75, 3.05) is 19.4 Å². The lowest BCUT2D eigenvalue weighted by molar-refractivity contribution is 0.0760. The van der Waals surface area contributed by atoms with Crippen LogP contribution in [0.4, 0.5) is 0 Å². The van der Waals surface area contributed by atoms with Gasteiger partial charge in [-0.25, -0.2) is 13.4 Å². The average molecular weight is 292 g/mol. The van der Waals surface area contributed by atoms with Crippen LogP contribution < -0.4 is 0 Å². The van der Waals surface area contributed by atoms with E-state index in [0.29, 0.717) is 19.7 Å². The van der Waals surface area contributed by atoms with Crippen LogP contribution in [-0.4, -0.2) is 37.1 Å². The van der Waals surface area contributed by atoms with E-state index >= 15 is 0 Å². The minimum Gasteiger partial charge on any atom is -0.372 e. The molecule has 0 amide bonds. The summed E-state index contributed by atoms with van der Waals surface area (Å²) in [6.45, 7) is 7.11. The molecule has 1 heterocycles. The molecule has 0 bridgehead atoms. The summed E-state index contributed by atoms with van der Waals surface area (Å²) in [4.78, 5) is 4.42. The molecule has 0 aliphatic carbocycles. The van der Waals surface area contributed by atoms with Crippen molar-refractivity contribution in [1.82, 2.24) is 9.29 Å². The Balaban J connectivity index is 2.74. The van der Waals surface area contributed by atoms with Gasteiger partial charge in [0.25, 0.3) is 0 Å². The molecule has 0 spiro atoms. The van der Waals surface area contributed by atoms with Gasteiger partial charge >= 0.3 is 0 Å². The van der Waals surface area contributed by atoms with Gasteiger partial charge in [0, 0.05) is 18.5 Å².